The van der Waals surface area contributed by atoms with Gasteiger partial charge in [0.25, 0.3) is 0 Å². The van der Waals surface area contributed by atoms with Crippen molar-refractivity contribution in [2.45, 2.75) is 13.3 Å². The zero-order chi connectivity index (χ0) is 9.68. The summed E-state index contributed by atoms with van der Waals surface area (Å²) in [7, 11) is 1.96. The van der Waals surface area contributed by atoms with Crippen molar-refractivity contribution in [1.82, 2.24) is 15.8 Å². The van der Waals surface area contributed by atoms with Crippen molar-refractivity contribution in [2.24, 2.45) is 0 Å². The molecule has 0 bridgehead atoms. The molecule has 0 unspecified atom stereocenters. The molecule has 13 heavy (non-hydrogen) atoms. The Kier molecular flexibility index (Phi) is 3.99. The van der Waals surface area contributed by atoms with Crippen LogP contribution in [0.3, 0.4) is 0 Å². The summed E-state index contributed by atoms with van der Waals surface area (Å²) in [4.78, 5) is 0. The molecule has 1 aliphatic rings. The zero-order valence-electron chi connectivity index (χ0n) is 8.56. The lowest BCUT2D eigenvalue weighted by Crippen LogP contribution is -2.35. The highest BCUT2D eigenvalue weighted by Crippen LogP contribution is 2.07. The van der Waals surface area contributed by atoms with Gasteiger partial charge >= 0.3 is 0 Å². The third-order valence-electron chi connectivity index (χ3n) is 2.07. The van der Waals surface area contributed by atoms with Crippen LogP contribution in [-0.4, -0.2) is 31.7 Å². The van der Waals surface area contributed by atoms with Gasteiger partial charge in [-0.15, -0.1) is 0 Å². The molecule has 0 spiro atoms. The average molecular weight is 181 g/mol. The van der Waals surface area contributed by atoms with E-state index in [1.165, 1.54) is 12.1 Å². The standard InChI is InChI=1S/C10H19N3/c1-9(2)7-10-8-12-5-4-6-13(10)11-3/h7,11-12H,1,4-6,8H2,2-3H3/b10-7-. The van der Waals surface area contributed by atoms with E-state index in [9.17, 15) is 0 Å². The summed E-state index contributed by atoms with van der Waals surface area (Å²) in [5.41, 5.74) is 5.55. The Balaban J connectivity index is 2.70. The van der Waals surface area contributed by atoms with Crippen LogP contribution in [0.1, 0.15) is 13.3 Å². The predicted molar refractivity (Wildman–Crippen MR) is 56.1 cm³/mol. The molecular weight excluding hydrogens is 162 g/mol. The lowest BCUT2D eigenvalue weighted by atomic mass is 10.2. The van der Waals surface area contributed by atoms with Crippen molar-refractivity contribution in [1.29, 1.82) is 0 Å². The maximum atomic E-state index is 3.89. The van der Waals surface area contributed by atoms with Gasteiger partial charge in [-0.1, -0.05) is 12.2 Å². The van der Waals surface area contributed by atoms with E-state index in [0.717, 1.165) is 25.2 Å². The third-order valence-corrected chi connectivity index (χ3v) is 2.07. The third kappa shape index (κ3) is 3.20. The molecule has 3 heteroatoms. The minimum atomic E-state index is 0.924. The molecule has 0 aromatic heterocycles. The normalized spacial score (nSPS) is 21.7. The predicted octanol–water partition coefficient (Wildman–Crippen LogP) is 0.876. The Bertz CT molecular complexity index is 208. The first-order valence-electron chi connectivity index (χ1n) is 4.76. The van der Waals surface area contributed by atoms with Gasteiger partial charge in [0.1, 0.15) is 0 Å². The first kappa shape index (κ1) is 10.3. The van der Waals surface area contributed by atoms with Gasteiger partial charge in [0, 0.05) is 25.8 Å². The van der Waals surface area contributed by atoms with E-state index in [-0.39, 0.29) is 0 Å². The van der Waals surface area contributed by atoms with Crippen molar-refractivity contribution < 1.29 is 0 Å². The second-order valence-corrected chi connectivity index (χ2v) is 3.39. The van der Waals surface area contributed by atoms with Crippen LogP contribution in [0, 0.1) is 0 Å². The fraction of sp³-hybridized carbons (Fsp3) is 0.600. The molecule has 1 heterocycles. The fourth-order valence-electron chi connectivity index (χ4n) is 1.49. The van der Waals surface area contributed by atoms with E-state index in [1.54, 1.807) is 0 Å². The Morgan fingerprint density at radius 1 is 1.69 bits per heavy atom. The molecule has 2 N–H and O–H groups in total. The molecule has 0 aromatic rings. The van der Waals surface area contributed by atoms with Gasteiger partial charge in [-0.25, -0.2) is 5.43 Å². The van der Waals surface area contributed by atoms with Crippen molar-refractivity contribution in [3.63, 3.8) is 0 Å². The first-order valence-corrected chi connectivity index (χ1v) is 4.76. The van der Waals surface area contributed by atoms with Gasteiger partial charge in [0.05, 0.1) is 0 Å². The Morgan fingerprint density at radius 2 is 2.46 bits per heavy atom. The summed E-state index contributed by atoms with van der Waals surface area (Å²) < 4.78 is 0. The topological polar surface area (TPSA) is 27.3 Å². The molecule has 0 saturated carbocycles. The number of rotatable bonds is 2. The van der Waals surface area contributed by atoms with E-state index < -0.39 is 0 Å². The highest BCUT2D eigenvalue weighted by atomic mass is 15.5. The van der Waals surface area contributed by atoms with Gasteiger partial charge in [-0.2, -0.15) is 0 Å². The summed E-state index contributed by atoms with van der Waals surface area (Å²) in [6.07, 6.45) is 3.29. The van der Waals surface area contributed by atoms with Crippen LogP contribution < -0.4 is 10.7 Å². The van der Waals surface area contributed by atoms with E-state index in [0.29, 0.717) is 0 Å². The van der Waals surface area contributed by atoms with Gasteiger partial charge in [-0.05, 0) is 26.0 Å². The Morgan fingerprint density at radius 3 is 3.08 bits per heavy atom. The van der Waals surface area contributed by atoms with Crippen LogP contribution in [0.2, 0.25) is 0 Å². The van der Waals surface area contributed by atoms with Crippen molar-refractivity contribution in [3.05, 3.63) is 23.9 Å². The molecule has 0 radical (unpaired) electrons. The van der Waals surface area contributed by atoms with Crippen molar-refractivity contribution in [2.75, 3.05) is 26.7 Å². The second kappa shape index (κ2) is 5.04. The highest BCUT2D eigenvalue weighted by Gasteiger charge is 2.10. The smallest absolute Gasteiger partial charge is 0.0434 e. The molecule has 1 rings (SSSR count). The molecule has 1 fully saturated rings. The summed E-state index contributed by atoms with van der Waals surface area (Å²) in [5, 5.41) is 5.55. The second-order valence-electron chi connectivity index (χ2n) is 3.39. The Hall–Kier alpha value is -0.800. The molecule has 0 amide bonds. The number of hydrogen-bond donors (Lipinski definition) is 2. The minimum Gasteiger partial charge on any atom is -0.311 e. The molecule has 1 saturated heterocycles. The van der Waals surface area contributed by atoms with Gasteiger partial charge in [-0.3, -0.25) is 0 Å². The van der Waals surface area contributed by atoms with Crippen LogP contribution in [0.25, 0.3) is 0 Å². The molecular formula is C10H19N3. The SMILES string of the molecule is C=C(C)/C=C1/CNCCCN1NC. The summed E-state index contributed by atoms with van der Waals surface area (Å²) in [5.74, 6) is 0. The summed E-state index contributed by atoms with van der Waals surface area (Å²) in [6, 6.07) is 0. The number of allylic oxidation sites excluding steroid dienone is 2. The lowest BCUT2D eigenvalue weighted by molar-refractivity contribution is 0.276. The van der Waals surface area contributed by atoms with Gasteiger partial charge < -0.3 is 10.3 Å². The van der Waals surface area contributed by atoms with Crippen molar-refractivity contribution in [3.8, 4) is 0 Å². The van der Waals surface area contributed by atoms with Crippen LogP contribution in [0.5, 0.6) is 0 Å². The van der Waals surface area contributed by atoms with Gasteiger partial charge in [0.2, 0.25) is 0 Å². The number of hydrazine groups is 1. The molecule has 1 aliphatic heterocycles. The van der Waals surface area contributed by atoms with Crippen LogP contribution in [0.4, 0.5) is 0 Å². The van der Waals surface area contributed by atoms with E-state index >= 15 is 0 Å². The summed E-state index contributed by atoms with van der Waals surface area (Å²) in [6.45, 7) is 8.98. The lowest BCUT2D eigenvalue weighted by Gasteiger charge is -2.23. The molecule has 0 aliphatic carbocycles. The summed E-state index contributed by atoms with van der Waals surface area (Å²) >= 11 is 0. The molecule has 74 valence electrons. The van der Waals surface area contributed by atoms with E-state index in [2.05, 4.69) is 28.4 Å². The van der Waals surface area contributed by atoms with E-state index in [4.69, 9.17) is 0 Å². The van der Waals surface area contributed by atoms with Crippen LogP contribution in [0.15, 0.2) is 23.9 Å². The fourth-order valence-corrected chi connectivity index (χ4v) is 1.49. The maximum absolute atomic E-state index is 3.89. The van der Waals surface area contributed by atoms with Gasteiger partial charge in [0.15, 0.2) is 0 Å². The molecule has 3 nitrogen and oxygen atoms in total. The zero-order valence-corrected chi connectivity index (χ0v) is 8.56. The van der Waals surface area contributed by atoms with Crippen molar-refractivity contribution >= 4 is 0 Å². The monoisotopic (exact) mass is 181 g/mol. The minimum absolute atomic E-state index is 0.924. The molecule has 0 aromatic carbocycles. The van der Waals surface area contributed by atoms with Crippen LogP contribution in [-0.2, 0) is 0 Å². The van der Waals surface area contributed by atoms with Crippen LogP contribution >= 0.6 is 0 Å². The number of nitrogens with one attached hydrogen (secondary N) is 2. The maximum Gasteiger partial charge on any atom is 0.0434 e. The quantitative estimate of drug-likeness (QED) is 0.662. The Labute approximate surface area is 80.5 Å². The molecule has 0 atom stereocenters. The number of nitrogens with zero attached hydrogens (tertiary/aromatic N) is 1. The average Bonchev–Trinajstić information content (AvgIpc) is 2.28. The highest BCUT2D eigenvalue weighted by molar-refractivity contribution is 5.19. The van der Waals surface area contributed by atoms with E-state index in [1.807, 2.05) is 14.0 Å². The first-order chi connectivity index (χ1) is 6.24. The number of hydrogen-bond acceptors (Lipinski definition) is 3. The largest absolute Gasteiger partial charge is 0.311 e.